The van der Waals surface area contributed by atoms with Crippen LogP contribution in [0, 0.1) is 19.7 Å². The summed E-state index contributed by atoms with van der Waals surface area (Å²) >= 11 is 0. The quantitative estimate of drug-likeness (QED) is 0.912. The van der Waals surface area contributed by atoms with E-state index >= 15 is 0 Å². The number of hydrogen-bond donors (Lipinski definition) is 1. The zero-order valence-electron chi connectivity index (χ0n) is 12.3. The van der Waals surface area contributed by atoms with Crippen LogP contribution >= 0.6 is 0 Å². The zero-order chi connectivity index (χ0) is 14.9. The molecule has 2 aromatic carbocycles. The lowest BCUT2D eigenvalue weighted by molar-refractivity contribution is 0.416. The normalized spacial score (nSPS) is 12.3. The van der Waals surface area contributed by atoms with Gasteiger partial charge in [0.2, 0.25) is 0 Å². The Bertz CT molecular complexity index is 635. The highest BCUT2D eigenvalue weighted by molar-refractivity contribution is 5.77. The van der Waals surface area contributed by atoms with Crippen molar-refractivity contribution in [2.45, 2.75) is 26.8 Å². The predicted molar refractivity (Wildman–Crippen MR) is 80.5 cm³/mol. The summed E-state index contributed by atoms with van der Waals surface area (Å²) in [5, 5.41) is 0. The molecule has 2 aromatic rings. The molecule has 2 N–H and O–H groups in total. The minimum Gasteiger partial charge on any atom is -0.496 e. The molecular formula is C17H20FNO. The molecule has 3 heteroatoms. The van der Waals surface area contributed by atoms with Gasteiger partial charge in [-0.15, -0.1) is 0 Å². The smallest absolute Gasteiger partial charge is 0.127 e. The van der Waals surface area contributed by atoms with E-state index in [9.17, 15) is 4.39 Å². The van der Waals surface area contributed by atoms with Crippen LogP contribution in [0.15, 0.2) is 30.3 Å². The average molecular weight is 273 g/mol. The number of halogens is 1. The van der Waals surface area contributed by atoms with Crippen LogP contribution < -0.4 is 10.5 Å². The third-order valence-corrected chi connectivity index (χ3v) is 3.44. The first-order valence-corrected chi connectivity index (χ1v) is 6.64. The third kappa shape index (κ3) is 2.68. The van der Waals surface area contributed by atoms with Crippen molar-refractivity contribution in [2.24, 2.45) is 5.73 Å². The molecule has 0 aliphatic rings. The summed E-state index contributed by atoms with van der Waals surface area (Å²) < 4.78 is 19.1. The van der Waals surface area contributed by atoms with E-state index in [0.717, 1.165) is 33.6 Å². The maximum Gasteiger partial charge on any atom is 0.127 e. The second-order valence-corrected chi connectivity index (χ2v) is 5.18. The molecule has 1 unspecified atom stereocenters. The SMILES string of the molecule is COc1cc(C)cc(C)c1-c1cc(F)ccc1C(C)N. The van der Waals surface area contributed by atoms with E-state index in [2.05, 4.69) is 6.07 Å². The van der Waals surface area contributed by atoms with E-state index < -0.39 is 0 Å². The molecule has 0 radical (unpaired) electrons. The van der Waals surface area contributed by atoms with Gasteiger partial charge < -0.3 is 10.5 Å². The summed E-state index contributed by atoms with van der Waals surface area (Å²) in [6.45, 7) is 5.91. The monoisotopic (exact) mass is 273 g/mol. The van der Waals surface area contributed by atoms with Gasteiger partial charge >= 0.3 is 0 Å². The van der Waals surface area contributed by atoms with Crippen LogP contribution in [0.3, 0.4) is 0 Å². The van der Waals surface area contributed by atoms with Gasteiger partial charge in [-0.25, -0.2) is 4.39 Å². The lowest BCUT2D eigenvalue weighted by Crippen LogP contribution is -2.08. The first-order valence-electron chi connectivity index (χ1n) is 6.64. The fraction of sp³-hybridized carbons (Fsp3) is 0.294. The Hall–Kier alpha value is -1.87. The van der Waals surface area contributed by atoms with Crippen molar-refractivity contribution in [2.75, 3.05) is 7.11 Å². The van der Waals surface area contributed by atoms with Gasteiger partial charge in [0.1, 0.15) is 11.6 Å². The Morgan fingerprint density at radius 1 is 1.15 bits per heavy atom. The molecule has 1 atom stereocenters. The number of ether oxygens (including phenoxy) is 1. The molecular weight excluding hydrogens is 253 g/mol. The van der Waals surface area contributed by atoms with Crippen LogP contribution in [-0.4, -0.2) is 7.11 Å². The van der Waals surface area contributed by atoms with Gasteiger partial charge in [0.25, 0.3) is 0 Å². The fourth-order valence-electron chi connectivity index (χ4n) is 2.58. The number of hydrogen-bond acceptors (Lipinski definition) is 2. The summed E-state index contributed by atoms with van der Waals surface area (Å²) in [5.41, 5.74) is 10.8. The highest BCUT2D eigenvalue weighted by Crippen LogP contribution is 2.38. The van der Waals surface area contributed by atoms with Crippen molar-refractivity contribution in [3.63, 3.8) is 0 Å². The van der Waals surface area contributed by atoms with Crippen molar-refractivity contribution in [1.82, 2.24) is 0 Å². The van der Waals surface area contributed by atoms with Crippen LogP contribution in [-0.2, 0) is 0 Å². The molecule has 20 heavy (non-hydrogen) atoms. The predicted octanol–water partition coefficient (Wildman–Crippen LogP) is 4.14. The summed E-state index contributed by atoms with van der Waals surface area (Å²) in [6.07, 6.45) is 0. The van der Waals surface area contributed by atoms with Gasteiger partial charge in [-0.05, 0) is 61.2 Å². The summed E-state index contributed by atoms with van der Waals surface area (Å²) in [5.74, 6) is 0.474. The standard InChI is InChI=1S/C17H20FNO/c1-10-7-11(2)17(16(8-10)20-4)15-9-13(18)5-6-14(15)12(3)19/h5-9,12H,19H2,1-4H3. The van der Waals surface area contributed by atoms with Crippen LogP contribution in [0.1, 0.15) is 29.7 Å². The molecule has 0 heterocycles. The third-order valence-electron chi connectivity index (χ3n) is 3.44. The topological polar surface area (TPSA) is 35.2 Å². The highest BCUT2D eigenvalue weighted by atomic mass is 19.1. The van der Waals surface area contributed by atoms with Crippen LogP contribution in [0.5, 0.6) is 5.75 Å². The first kappa shape index (κ1) is 14.5. The number of methoxy groups -OCH3 is 1. The van der Waals surface area contributed by atoms with Crippen molar-refractivity contribution >= 4 is 0 Å². The number of aryl methyl sites for hydroxylation is 2. The van der Waals surface area contributed by atoms with E-state index in [1.807, 2.05) is 26.8 Å². The van der Waals surface area contributed by atoms with E-state index in [0.29, 0.717) is 0 Å². The second kappa shape index (κ2) is 5.63. The lowest BCUT2D eigenvalue weighted by Gasteiger charge is -2.18. The average Bonchev–Trinajstić information content (AvgIpc) is 2.37. The van der Waals surface area contributed by atoms with E-state index in [4.69, 9.17) is 10.5 Å². The van der Waals surface area contributed by atoms with E-state index in [-0.39, 0.29) is 11.9 Å². The molecule has 0 spiro atoms. The number of rotatable bonds is 3. The van der Waals surface area contributed by atoms with Crippen LogP contribution in [0.4, 0.5) is 4.39 Å². The minimum absolute atomic E-state index is 0.170. The summed E-state index contributed by atoms with van der Waals surface area (Å²) in [4.78, 5) is 0. The summed E-state index contributed by atoms with van der Waals surface area (Å²) in [7, 11) is 1.63. The molecule has 0 aliphatic carbocycles. The summed E-state index contributed by atoms with van der Waals surface area (Å²) in [6, 6.07) is 8.56. The Morgan fingerprint density at radius 3 is 2.45 bits per heavy atom. The highest BCUT2D eigenvalue weighted by Gasteiger charge is 2.16. The molecule has 106 valence electrons. The largest absolute Gasteiger partial charge is 0.496 e. The molecule has 2 nitrogen and oxygen atoms in total. The molecule has 0 aliphatic heterocycles. The second-order valence-electron chi connectivity index (χ2n) is 5.18. The number of benzene rings is 2. The Balaban J connectivity index is 2.77. The van der Waals surface area contributed by atoms with E-state index in [1.165, 1.54) is 12.1 Å². The Morgan fingerprint density at radius 2 is 1.85 bits per heavy atom. The van der Waals surface area contributed by atoms with Crippen molar-refractivity contribution < 1.29 is 9.13 Å². The molecule has 0 fully saturated rings. The van der Waals surface area contributed by atoms with Gasteiger partial charge in [0, 0.05) is 11.6 Å². The maximum atomic E-state index is 13.7. The van der Waals surface area contributed by atoms with Gasteiger partial charge in [-0.2, -0.15) is 0 Å². The van der Waals surface area contributed by atoms with Crippen molar-refractivity contribution in [1.29, 1.82) is 0 Å². The fourth-order valence-corrected chi connectivity index (χ4v) is 2.58. The van der Waals surface area contributed by atoms with Gasteiger partial charge in [-0.3, -0.25) is 0 Å². The molecule has 0 aromatic heterocycles. The molecule has 0 bridgehead atoms. The van der Waals surface area contributed by atoms with Crippen LogP contribution in [0.2, 0.25) is 0 Å². The van der Waals surface area contributed by atoms with Gasteiger partial charge in [-0.1, -0.05) is 12.1 Å². The Labute approximate surface area is 119 Å². The van der Waals surface area contributed by atoms with Crippen molar-refractivity contribution in [3.05, 3.63) is 52.8 Å². The zero-order valence-corrected chi connectivity index (χ0v) is 12.3. The molecule has 2 rings (SSSR count). The van der Waals surface area contributed by atoms with Crippen molar-refractivity contribution in [3.8, 4) is 16.9 Å². The van der Waals surface area contributed by atoms with E-state index in [1.54, 1.807) is 13.2 Å². The van der Waals surface area contributed by atoms with Crippen LogP contribution in [0.25, 0.3) is 11.1 Å². The first-order chi connectivity index (χ1) is 9.43. The number of nitrogens with two attached hydrogens (primary N) is 1. The van der Waals surface area contributed by atoms with Gasteiger partial charge in [0.15, 0.2) is 0 Å². The maximum absolute atomic E-state index is 13.7. The molecule has 0 saturated carbocycles. The molecule has 0 saturated heterocycles. The minimum atomic E-state index is -0.272. The Kier molecular flexibility index (Phi) is 4.09. The molecule has 0 amide bonds. The lowest BCUT2D eigenvalue weighted by atomic mass is 9.91. The van der Waals surface area contributed by atoms with Gasteiger partial charge in [0.05, 0.1) is 7.11 Å².